The number of para-hydroxylation sites is 2. The highest BCUT2D eigenvalue weighted by Gasteiger charge is 2.25. The zero-order chi connectivity index (χ0) is 22.1. The number of benzene rings is 2. The normalized spacial score (nSPS) is 15.7. The third kappa shape index (κ3) is 4.02. The van der Waals surface area contributed by atoms with Gasteiger partial charge in [-0.1, -0.05) is 23.7 Å². The Hall–Kier alpha value is -2.77. The third-order valence-corrected chi connectivity index (χ3v) is 6.59. The minimum absolute atomic E-state index is 0.0274. The first-order valence-corrected chi connectivity index (χ1v) is 11.7. The monoisotopic (exact) mass is 453 g/mol. The quantitative estimate of drug-likeness (QED) is 0.448. The molecule has 3 heterocycles. The summed E-state index contributed by atoms with van der Waals surface area (Å²) in [5, 5.41) is 0.689. The summed E-state index contributed by atoms with van der Waals surface area (Å²) < 4.78 is 9.95. The van der Waals surface area contributed by atoms with Crippen LogP contribution in [-0.4, -0.2) is 50.2 Å². The molecule has 8 heteroatoms. The number of aromatic amines is 1. The number of hydrogen-bond donors (Lipinski definition) is 1. The Morgan fingerprint density at radius 3 is 2.75 bits per heavy atom. The average molecular weight is 454 g/mol. The SMILES string of the molecule is CCOc1nc2cc(Cl)ccc2n1C1CCN(CCCn2c(=O)[nH]c3ccccc32)CC1. The molecule has 1 aliphatic heterocycles. The fourth-order valence-electron chi connectivity index (χ4n) is 4.82. The first-order chi connectivity index (χ1) is 15.6. The van der Waals surface area contributed by atoms with Gasteiger partial charge in [-0.25, -0.2) is 4.79 Å². The van der Waals surface area contributed by atoms with Gasteiger partial charge in [0.2, 0.25) is 0 Å². The van der Waals surface area contributed by atoms with Crippen LogP contribution >= 0.6 is 11.6 Å². The van der Waals surface area contributed by atoms with Gasteiger partial charge in [0.05, 0.1) is 28.7 Å². The van der Waals surface area contributed by atoms with E-state index in [2.05, 4.69) is 19.4 Å². The minimum Gasteiger partial charge on any atom is -0.465 e. The molecule has 7 nitrogen and oxygen atoms in total. The summed E-state index contributed by atoms with van der Waals surface area (Å²) >= 11 is 6.17. The van der Waals surface area contributed by atoms with E-state index in [-0.39, 0.29) is 5.69 Å². The second kappa shape index (κ2) is 9.00. The maximum atomic E-state index is 12.3. The molecule has 0 saturated carbocycles. The number of fused-ring (bicyclic) bond motifs is 2. The lowest BCUT2D eigenvalue weighted by Gasteiger charge is -2.33. The molecule has 1 saturated heterocycles. The predicted molar refractivity (Wildman–Crippen MR) is 128 cm³/mol. The lowest BCUT2D eigenvalue weighted by atomic mass is 10.0. The number of rotatable bonds is 7. The molecule has 0 bridgehead atoms. The first-order valence-electron chi connectivity index (χ1n) is 11.3. The Morgan fingerprint density at radius 2 is 1.94 bits per heavy atom. The highest BCUT2D eigenvalue weighted by atomic mass is 35.5. The van der Waals surface area contributed by atoms with Gasteiger partial charge in [0.25, 0.3) is 6.01 Å². The van der Waals surface area contributed by atoms with Gasteiger partial charge < -0.3 is 14.6 Å². The van der Waals surface area contributed by atoms with Gasteiger partial charge in [0, 0.05) is 30.7 Å². The van der Waals surface area contributed by atoms with Crippen molar-refractivity contribution in [2.45, 2.75) is 38.8 Å². The Morgan fingerprint density at radius 1 is 1.12 bits per heavy atom. The van der Waals surface area contributed by atoms with Crippen molar-refractivity contribution in [3.05, 3.63) is 58.0 Å². The fourth-order valence-corrected chi connectivity index (χ4v) is 4.98. The molecular weight excluding hydrogens is 426 g/mol. The van der Waals surface area contributed by atoms with Gasteiger partial charge in [-0.15, -0.1) is 0 Å². The van der Waals surface area contributed by atoms with Crippen LogP contribution in [0.4, 0.5) is 0 Å². The molecule has 32 heavy (non-hydrogen) atoms. The van der Waals surface area contributed by atoms with Crippen LogP contribution in [0, 0.1) is 0 Å². The molecule has 0 aliphatic carbocycles. The highest BCUT2D eigenvalue weighted by molar-refractivity contribution is 6.31. The van der Waals surface area contributed by atoms with Crippen molar-refractivity contribution < 1.29 is 4.74 Å². The Bertz CT molecular complexity index is 1280. The van der Waals surface area contributed by atoms with E-state index < -0.39 is 0 Å². The molecule has 1 fully saturated rings. The number of ether oxygens (including phenoxy) is 1. The van der Waals surface area contributed by atoms with Gasteiger partial charge in [0.1, 0.15) is 0 Å². The number of nitrogens with one attached hydrogen (secondary N) is 1. The van der Waals surface area contributed by atoms with E-state index in [0.29, 0.717) is 23.7 Å². The van der Waals surface area contributed by atoms with Crippen molar-refractivity contribution in [3.63, 3.8) is 0 Å². The van der Waals surface area contributed by atoms with Crippen molar-refractivity contribution in [2.24, 2.45) is 0 Å². The summed E-state index contributed by atoms with van der Waals surface area (Å²) in [5.41, 5.74) is 3.81. The number of likely N-dealkylation sites (tertiary alicyclic amines) is 1. The van der Waals surface area contributed by atoms with Crippen LogP contribution in [0.2, 0.25) is 5.02 Å². The number of piperidine rings is 1. The number of aryl methyl sites for hydroxylation is 1. The summed E-state index contributed by atoms with van der Waals surface area (Å²) in [6.07, 6.45) is 3.03. The van der Waals surface area contributed by atoms with Crippen LogP contribution in [-0.2, 0) is 6.54 Å². The van der Waals surface area contributed by atoms with Crippen molar-refractivity contribution in [2.75, 3.05) is 26.2 Å². The molecule has 0 unspecified atom stereocenters. The van der Waals surface area contributed by atoms with E-state index in [0.717, 1.165) is 67.5 Å². The number of halogens is 1. The van der Waals surface area contributed by atoms with Gasteiger partial charge in [-0.05, 0) is 63.1 Å². The molecule has 1 aliphatic rings. The topological polar surface area (TPSA) is 68.1 Å². The van der Waals surface area contributed by atoms with Crippen LogP contribution in [0.5, 0.6) is 6.01 Å². The minimum atomic E-state index is -0.0274. The van der Waals surface area contributed by atoms with E-state index in [1.165, 1.54) is 0 Å². The van der Waals surface area contributed by atoms with E-state index in [9.17, 15) is 4.79 Å². The number of imidazole rings is 2. The van der Waals surface area contributed by atoms with Crippen LogP contribution in [0.3, 0.4) is 0 Å². The summed E-state index contributed by atoms with van der Waals surface area (Å²) in [6, 6.07) is 14.8. The second-order valence-electron chi connectivity index (χ2n) is 8.36. The summed E-state index contributed by atoms with van der Waals surface area (Å²) in [7, 11) is 0. The third-order valence-electron chi connectivity index (χ3n) is 6.35. The number of H-pyrrole nitrogens is 1. The lowest BCUT2D eigenvalue weighted by Crippen LogP contribution is -2.36. The Balaban J connectivity index is 1.22. The predicted octanol–water partition coefficient (Wildman–Crippen LogP) is 4.46. The molecular formula is C24H28ClN5O2. The standard InChI is InChI=1S/C24H28ClN5O2/c1-2-32-24-27-20-16-17(25)8-9-22(20)30(24)18-10-14-28(15-11-18)12-5-13-29-21-7-4-3-6-19(21)26-23(29)31/h3-4,6-9,16,18H,2,5,10-15H2,1H3,(H,26,31). The second-order valence-corrected chi connectivity index (χ2v) is 8.79. The zero-order valence-electron chi connectivity index (χ0n) is 18.3. The fraction of sp³-hybridized carbons (Fsp3) is 0.417. The molecule has 0 atom stereocenters. The van der Waals surface area contributed by atoms with Crippen molar-refractivity contribution >= 4 is 33.7 Å². The molecule has 0 amide bonds. The Labute approximate surface area is 191 Å². The molecule has 5 rings (SSSR count). The van der Waals surface area contributed by atoms with E-state index in [4.69, 9.17) is 16.3 Å². The summed E-state index contributed by atoms with van der Waals surface area (Å²) in [5.74, 6) is 0. The maximum absolute atomic E-state index is 12.3. The van der Waals surface area contributed by atoms with Crippen LogP contribution in [0.25, 0.3) is 22.1 Å². The lowest BCUT2D eigenvalue weighted by molar-refractivity contribution is 0.175. The maximum Gasteiger partial charge on any atom is 0.326 e. The van der Waals surface area contributed by atoms with E-state index in [1.807, 2.05) is 54.0 Å². The van der Waals surface area contributed by atoms with Crippen molar-refractivity contribution in [1.82, 2.24) is 24.0 Å². The van der Waals surface area contributed by atoms with E-state index >= 15 is 0 Å². The zero-order valence-corrected chi connectivity index (χ0v) is 19.0. The van der Waals surface area contributed by atoms with Gasteiger partial charge in [-0.2, -0.15) is 4.98 Å². The summed E-state index contributed by atoms with van der Waals surface area (Å²) in [6.45, 7) is 6.32. The van der Waals surface area contributed by atoms with Crippen LogP contribution in [0.15, 0.2) is 47.3 Å². The molecule has 2 aromatic heterocycles. The number of nitrogens with zero attached hydrogens (tertiary/aromatic N) is 4. The Kier molecular flexibility index (Phi) is 5.93. The average Bonchev–Trinajstić information content (AvgIpc) is 3.31. The van der Waals surface area contributed by atoms with Crippen LogP contribution < -0.4 is 10.4 Å². The summed E-state index contributed by atoms with van der Waals surface area (Å²) in [4.78, 5) is 22.4. The van der Waals surface area contributed by atoms with Crippen molar-refractivity contribution in [3.8, 4) is 6.01 Å². The first kappa shape index (κ1) is 21.1. The molecule has 1 N–H and O–H groups in total. The molecule has 0 radical (unpaired) electrons. The largest absolute Gasteiger partial charge is 0.465 e. The number of aromatic nitrogens is 4. The van der Waals surface area contributed by atoms with Crippen LogP contribution in [0.1, 0.15) is 32.2 Å². The van der Waals surface area contributed by atoms with Gasteiger partial charge in [-0.3, -0.25) is 9.13 Å². The molecule has 0 spiro atoms. The molecule has 4 aromatic rings. The highest BCUT2D eigenvalue weighted by Crippen LogP contribution is 2.33. The molecule has 168 valence electrons. The number of hydrogen-bond acceptors (Lipinski definition) is 4. The molecule has 2 aromatic carbocycles. The van der Waals surface area contributed by atoms with E-state index in [1.54, 1.807) is 0 Å². The van der Waals surface area contributed by atoms with Gasteiger partial charge >= 0.3 is 5.69 Å². The van der Waals surface area contributed by atoms with Gasteiger partial charge in [0.15, 0.2) is 0 Å². The smallest absolute Gasteiger partial charge is 0.326 e. The van der Waals surface area contributed by atoms with Crippen molar-refractivity contribution in [1.29, 1.82) is 0 Å².